The molecule has 2 unspecified atom stereocenters. The lowest BCUT2D eigenvalue weighted by molar-refractivity contribution is -0.126. The van der Waals surface area contributed by atoms with Gasteiger partial charge in [0.15, 0.2) is 0 Å². The second-order valence-electron chi connectivity index (χ2n) is 9.18. The van der Waals surface area contributed by atoms with Gasteiger partial charge < -0.3 is 15.8 Å². The van der Waals surface area contributed by atoms with Gasteiger partial charge in [0.2, 0.25) is 11.8 Å². The first-order valence-corrected chi connectivity index (χ1v) is 11.7. The van der Waals surface area contributed by atoms with E-state index in [1.54, 1.807) is 0 Å². The van der Waals surface area contributed by atoms with Gasteiger partial charge in [-0.25, -0.2) is 0 Å². The number of benzene rings is 3. The van der Waals surface area contributed by atoms with Gasteiger partial charge in [-0.3, -0.25) is 14.6 Å². The molecule has 176 valence electrons. The number of hydrogen-bond acceptors (Lipinski definition) is 4. The van der Waals surface area contributed by atoms with Gasteiger partial charge in [-0.15, -0.1) is 0 Å². The predicted octanol–water partition coefficient (Wildman–Crippen LogP) is 4.80. The Morgan fingerprint density at radius 1 is 1.03 bits per heavy atom. The molecule has 0 spiro atoms. The zero-order valence-corrected chi connectivity index (χ0v) is 19.5. The number of rotatable bonds is 8. The second-order valence-corrected chi connectivity index (χ2v) is 9.18. The van der Waals surface area contributed by atoms with Crippen molar-refractivity contribution in [1.82, 2.24) is 4.98 Å². The van der Waals surface area contributed by atoms with E-state index in [1.165, 1.54) is 0 Å². The molecule has 2 amide bonds. The molecule has 3 N–H and O–H groups in total. The normalized spacial score (nSPS) is 18.7. The summed E-state index contributed by atoms with van der Waals surface area (Å²) in [6.07, 6.45) is 0.890. The lowest BCUT2D eigenvalue weighted by atomic mass is 9.92. The van der Waals surface area contributed by atoms with E-state index >= 15 is 0 Å². The summed E-state index contributed by atoms with van der Waals surface area (Å²) in [7, 11) is 0. The quantitative estimate of drug-likeness (QED) is 0.391. The van der Waals surface area contributed by atoms with Crippen LogP contribution in [0.2, 0.25) is 0 Å². The van der Waals surface area contributed by atoms with Crippen molar-refractivity contribution in [2.45, 2.75) is 26.4 Å². The Balaban J connectivity index is 1.28. The molecule has 5 rings (SSSR count). The highest BCUT2D eigenvalue weighted by Gasteiger charge is 2.62. The Labute approximate surface area is 204 Å². The number of hydrogen-bond donors (Lipinski definition) is 2. The van der Waals surface area contributed by atoms with Crippen LogP contribution in [-0.4, -0.2) is 16.8 Å². The van der Waals surface area contributed by atoms with Crippen LogP contribution in [0.4, 0.5) is 5.69 Å². The van der Waals surface area contributed by atoms with Crippen LogP contribution in [0.25, 0.3) is 10.9 Å². The maximum atomic E-state index is 13.1. The fraction of sp³-hybridized carbons (Fsp3) is 0.207. The molecule has 1 aromatic heterocycles. The standard InChI is InChI=1S/C29H27N3O3/c1-19-15-21(24-9-5-6-10-26(24)31-19)18-35-23-13-11-20(12-14-23)16-29(17-25(29)27(30)33)28(34)32-22-7-3-2-4-8-22/h2-15,25H,16-18H2,1H3,(H2,30,33)(H,32,34). The van der Waals surface area contributed by atoms with Crippen LogP contribution >= 0.6 is 0 Å². The van der Waals surface area contributed by atoms with Gasteiger partial charge in [-0.05, 0) is 61.7 Å². The number of carbonyl (C=O) groups is 2. The van der Waals surface area contributed by atoms with Gasteiger partial charge in [0.05, 0.1) is 16.8 Å². The summed E-state index contributed by atoms with van der Waals surface area (Å²) in [6.45, 7) is 2.40. The Bertz CT molecular complexity index is 1390. The van der Waals surface area contributed by atoms with Crippen molar-refractivity contribution in [3.63, 3.8) is 0 Å². The number of primary amides is 1. The van der Waals surface area contributed by atoms with E-state index in [1.807, 2.05) is 91.9 Å². The van der Waals surface area contributed by atoms with Crippen molar-refractivity contribution in [3.8, 4) is 5.75 Å². The first-order valence-electron chi connectivity index (χ1n) is 11.7. The zero-order valence-electron chi connectivity index (χ0n) is 19.5. The summed E-state index contributed by atoms with van der Waals surface area (Å²) in [5, 5.41) is 4.02. The Morgan fingerprint density at radius 3 is 2.46 bits per heavy atom. The second kappa shape index (κ2) is 9.22. The number of nitrogens with one attached hydrogen (secondary N) is 1. The van der Waals surface area contributed by atoms with Crippen LogP contribution < -0.4 is 15.8 Å². The topological polar surface area (TPSA) is 94.3 Å². The number of amides is 2. The number of carbonyl (C=O) groups excluding carboxylic acids is 2. The van der Waals surface area contributed by atoms with Crippen molar-refractivity contribution in [1.29, 1.82) is 0 Å². The minimum Gasteiger partial charge on any atom is -0.489 e. The number of nitrogens with two attached hydrogens (primary N) is 1. The molecule has 4 aromatic rings. The van der Waals surface area contributed by atoms with Crippen LogP contribution in [0, 0.1) is 18.3 Å². The number of aryl methyl sites for hydroxylation is 1. The Hall–Kier alpha value is -4.19. The summed E-state index contributed by atoms with van der Waals surface area (Å²) in [5.41, 5.74) is 9.40. The van der Waals surface area contributed by atoms with Crippen molar-refractivity contribution >= 4 is 28.4 Å². The van der Waals surface area contributed by atoms with Gasteiger partial charge in [0, 0.05) is 22.3 Å². The van der Waals surface area contributed by atoms with Gasteiger partial charge in [-0.1, -0.05) is 48.5 Å². The molecule has 1 fully saturated rings. The Kier molecular flexibility index (Phi) is 5.95. The van der Waals surface area contributed by atoms with E-state index in [4.69, 9.17) is 10.5 Å². The number of nitrogens with zero attached hydrogens (tertiary/aromatic N) is 1. The molecule has 6 nitrogen and oxygen atoms in total. The lowest BCUT2D eigenvalue weighted by Gasteiger charge is -2.17. The van der Waals surface area contributed by atoms with Crippen LogP contribution in [0.15, 0.2) is 84.9 Å². The molecular weight excluding hydrogens is 438 g/mol. The average Bonchev–Trinajstić information content (AvgIpc) is 3.60. The van der Waals surface area contributed by atoms with E-state index in [2.05, 4.69) is 10.3 Å². The molecular formula is C29H27N3O3. The number of anilines is 1. The largest absolute Gasteiger partial charge is 0.489 e. The van der Waals surface area contributed by atoms with E-state index in [9.17, 15) is 9.59 Å². The maximum absolute atomic E-state index is 13.1. The average molecular weight is 466 g/mol. The highest BCUT2D eigenvalue weighted by Crippen LogP contribution is 2.55. The Morgan fingerprint density at radius 2 is 1.74 bits per heavy atom. The van der Waals surface area contributed by atoms with Crippen LogP contribution in [-0.2, 0) is 22.6 Å². The third-order valence-corrected chi connectivity index (χ3v) is 6.67. The van der Waals surface area contributed by atoms with Crippen LogP contribution in [0.1, 0.15) is 23.2 Å². The number of aromatic nitrogens is 1. The number of para-hydroxylation sites is 2. The molecule has 1 saturated carbocycles. The van der Waals surface area contributed by atoms with E-state index in [0.29, 0.717) is 25.1 Å². The fourth-order valence-corrected chi connectivity index (χ4v) is 4.73. The van der Waals surface area contributed by atoms with Crippen LogP contribution in [0.5, 0.6) is 5.75 Å². The minimum absolute atomic E-state index is 0.173. The van der Waals surface area contributed by atoms with Crippen molar-refractivity contribution in [2.24, 2.45) is 17.1 Å². The van der Waals surface area contributed by atoms with Gasteiger partial charge in [-0.2, -0.15) is 0 Å². The van der Waals surface area contributed by atoms with Gasteiger partial charge >= 0.3 is 0 Å². The highest BCUT2D eigenvalue weighted by molar-refractivity contribution is 6.02. The number of pyridine rings is 1. The molecule has 3 aromatic carbocycles. The molecule has 0 bridgehead atoms. The summed E-state index contributed by atoms with van der Waals surface area (Å²) >= 11 is 0. The van der Waals surface area contributed by atoms with Crippen LogP contribution in [0.3, 0.4) is 0 Å². The summed E-state index contributed by atoms with van der Waals surface area (Å²) < 4.78 is 6.06. The summed E-state index contributed by atoms with van der Waals surface area (Å²) in [5.74, 6) is -0.344. The van der Waals surface area contributed by atoms with Gasteiger partial charge in [0.1, 0.15) is 12.4 Å². The molecule has 6 heteroatoms. The molecule has 0 aliphatic heterocycles. The van der Waals surface area contributed by atoms with Crippen molar-refractivity contribution < 1.29 is 14.3 Å². The predicted molar refractivity (Wildman–Crippen MR) is 136 cm³/mol. The SMILES string of the molecule is Cc1cc(COc2ccc(CC3(C(=O)Nc4ccccc4)CC3C(N)=O)cc2)c2ccccc2n1. The summed E-state index contributed by atoms with van der Waals surface area (Å²) in [4.78, 5) is 29.6. The molecule has 2 atom stereocenters. The van der Waals surface area contributed by atoms with E-state index in [0.717, 1.165) is 33.5 Å². The highest BCUT2D eigenvalue weighted by atomic mass is 16.5. The molecule has 1 aliphatic carbocycles. The number of fused-ring (bicyclic) bond motifs is 1. The van der Waals surface area contributed by atoms with Gasteiger partial charge in [0.25, 0.3) is 0 Å². The molecule has 1 heterocycles. The first kappa shape index (κ1) is 22.6. The third-order valence-electron chi connectivity index (χ3n) is 6.67. The van der Waals surface area contributed by atoms with E-state index in [-0.39, 0.29) is 5.91 Å². The van der Waals surface area contributed by atoms with Crippen molar-refractivity contribution in [2.75, 3.05) is 5.32 Å². The van der Waals surface area contributed by atoms with Crippen molar-refractivity contribution in [3.05, 3.63) is 102 Å². The zero-order chi connectivity index (χ0) is 24.4. The van der Waals surface area contributed by atoms with E-state index < -0.39 is 17.2 Å². The minimum atomic E-state index is -0.822. The monoisotopic (exact) mass is 465 g/mol. The first-order chi connectivity index (χ1) is 16.9. The number of ether oxygens (including phenoxy) is 1. The third kappa shape index (κ3) is 4.73. The molecule has 1 aliphatic rings. The smallest absolute Gasteiger partial charge is 0.231 e. The molecule has 0 radical (unpaired) electrons. The summed E-state index contributed by atoms with van der Waals surface area (Å²) in [6, 6.07) is 27.0. The molecule has 0 saturated heterocycles. The molecule has 35 heavy (non-hydrogen) atoms. The maximum Gasteiger partial charge on any atom is 0.231 e. The lowest BCUT2D eigenvalue weighted by Crippen LogP contribution is -2.31. The fourth-order valence-electron chi connectivity index (χ4n) is 4.73.